The molecule has 0 radical (unpaired) electrons. The molecule has 0 aliphatic carbocycles. The van der Waals surface area contributed by atoms with Gasteiger partial charge >= 0.3 is 0 Å². The summed E-state index contributed by atoms with van der Waals surface area (Å²) in [5, 5.41) is 6.61. The molecule has 0 bridgehead atoms. The van der Waals surface area contributed by atoms with Gasteiger partial charge in [0.1, 0.15) is 0 Å². The molecule has 16 heavy (non-hydrogen) atoms. The van der Waals surface area contributed by atoms with Crippen LogP contribution in [0.4, 0.5) is 0 Å². The van der Waals surface area contributed by atoms with E-state index in [-0.39, 0.29) is 6.04 Å². The first-order chi connectivity index (χ1) is 7.75. The van der Waals surface area contributed by atoms with Crippen LogP contribution in [0.2, 0.25) is 0 Å². The summed E-state index contributed by atoms with van der Waals surface area (Å²) in [6.45, 7) is 4.93. The van der Waals surface area contributed by atoms with Gasteiger partial charge in [0.2, 0.25) is 0 Å². The topological polar surface area (TPSA) is 37.8 Å². The standard InChI is InChI=1S/C12H15N3S/c1-9(12-5-3-4-6-13-12)14-7-11-8-16-10(2)15-11/h3-6,8-9,14H,7H2,1-2H3/t9-/m1/s1. The van der Waals surface area contributed by atoms with Crippen molar-refractivity contribution in [3.8, 4) is 0 Å². The molecule has 0 amide bonds. The second-order valence-corrected chi connectivity index (χ2v) is 4.78. The summed E-state index contributed by atoms with van der Waals surface area (Å²) in [6.07, 6.45) is 1.82. The molecule has 4 heteroatoms. The number of hydrogen-bond donors (Lipinski definition) is 1. The summed E-state index contributed by atoms with van der Waals surface area (Å²) >= 11 is 1.69. The second kappa shape index (κ2) is 5.18. The lowest BCUT2D eigenvalue weighted by Gasteiger charge is -2.11. The minimum atomic E-state index is 0.253. The van der Waals surface area contributed by atoms with Gasteiger partial charge in [-0.15, -0.1) is 11.3 Å². The Morgan fingerprint density at radius 2 is 2.31 bits per heavy atom. The van der Waals surface area contributed by atoms with Crippen molar-refractivity contribution >= 4 is 11.3 Å². The van der Waals surface area contributed by atoms with Crippen molar-refractivity contribution in [2.75, 3.05) is 0 Å². The normalized spacial score (nSPS) is 12.6. The Bertz CT molecular complexity index is 439. The molecule has 0 aliphatic heterocycles. The highest BCUT2D eigenvalue weighted by Gasteiger charge is 2.06. The van der Waals surface area contributed by atoms with Gasteiger partial charge in [0.15, 0.2) is 0 Å². The van der Waals surface area contributed by atoms with Crippen molar-refractivity contribution in [2.45, 2.75) is 26.4 Å². The average molecular weight is 233 g/mol. The first-order valence-corrected chi connectivity index (χ1v) is 6.19. The van der Waals surface area contributed by atoms with Crippen LogP contribution in [0.1, 0.15) is 29.4 Å². The van der Waals surface area contributed by atoms with E-state index >= 15 is 0 Å². The van der Waals surface area contributed by atoms with E-state index in [0.717, 1.165) is 22.9 Å². The lowest BCUT2D eigenvalue weighted by molar-refractivity contribution is 0.556. The van der Waals surface area contributed by atoms with Crippen molar-refractivity contribution in [2.24, 2.45) is 0 Å². The lowest BCUT2D eigenvalue weighted by atomic mass is 10.2. The summed E-state index contributed by atoms with van der Waals surface area (Å²) in [6, 6.07) is 6.22. The van der Waals surface area contributed by atoms with Gasteiger partial charge in [0.05, 0.1) is 16.4 Å². The number of aromatic nitrogens is 2. The Morgan fingerprint density at radius 1 is 1.44 bits per heavy atom. The maximum absolute atomic E-state index is 4.41. The Labute approximate surface area is 99.6 Å². The van der Waals surface area contributed by atoms with Crippen molar-refractivity contribution in [1.82, 2.24) is 15.3 Å². The predicted octanol–water partition coefficient (Wildman–Crippen LogP) is 2.70. The van der Waals surface area contributed by atoms with E-state index in [1.165, 1.54) is 0 Å². The van der Waals surface area contributed by atoms with Crippen LogP contribution in [-0.4, -0.2) is 9.97 Å². The van der Waals surface area contributed by atoms with Crippen molar-refractivity contribution in [1.29, 1.82) is 0 Å². The smallest absolute Gasteiger partial charge is 0.0897 e. The van der Waals surface area contributed by atoms with Gasteiger partial charge in [0, 0.05) is 24.2 Å². The summed E-state index contributed by atoms with van der Waals surface area (Å²) in [5.41, 5.74) is 2.17. The largest absolute Gasteiger partial charge is 0.303 e. The first kappa shape index (κ1) is 11.2. The zero-order valence-electron chi connectivity index (χ0n) is 9.47. The van der Waals surface area contributed by atoms with Gasteiger partial charge in [-0.25, -0.2) is 4.98 Å². The number of nitrogens with one attached hydrogen (secondary N) is 1. The van der Waals surface area contributed by atoms with Gasteiger partial charge in [-0.3, -0.25) is 4.98 Å². The molecule has 1 atom stereocenters. The Balaban J connectivity index is 1.91. The molecule has 1 N–H and O–H groups in total. The van der Waals surface area contributed by atoms with Crippen LogP contribution in [0.15, 0.2) is 29.8 Å². The fourth-order valence-electron chi connectivity index (χ4n) is 1.48. The monoisotopic (exact) mass is 233 g/mol. The Kier molecular flexibility index (Phi) is 3.64. The number of rotatable bonds is 4. The third kappa shape index (κ3) is 2.87. The molecule has 2 aromatic heterocycles. The number of thiazole rings is 1. The van der Waals surface area contributed by atoms with E-state index in [2.05, 4.69) is 27.6 Å². The minimum Gasteiger partial charge on any atom is -0.303 e. The van der Waals surface area contributed by atoms with Gasteiger partial charge < -0.3 is 5.32 Å². The number of aryl methyl sites for hydroxylation is 1. The summed E-state index contributed by atoms with van der Waals surface area (Å²) in [4.78, 5) is 8.73. The summed E-state index contributed by atoms with van der Waals surface area (Å²) in [5.74, 6) is 0. The van der Waals surface area contributed by atoms with Crippen LogP contribution in [0, 0.1) is 6.92 Å². The van der Waals surface area contributed by atoms with Gasteiger partial charge in [0.25, 0.3) is 0 Å². The second-order valence-electron chi connectivity index (χ2n) is 3.72. The van der Waals surface area contributed by atoms with E-state index in [1.54, 1.807) is 11.3 Å². The molecule has 0 fully saturated rings. The molecule has 2 aromatic rings. The highest BCUT2D eigenvalue weighted by Crippen LogP contribution is 2.11. The van der Waals surface area contributed by atoms with Crippen LogP contribution in [0.5, 0.6) is 0 Å². The van der Waals surface area contributed by atoms with Crippen LogP contribution in [0.3, 0.4) is 0 Å². The zero-order chi connectivity index (χ0) is 11.4. The summed E-state index contributed by atoms with van der Waals surface area (Å²) in [7, 11) is 0. The Hall–Kier alpha value is -1.26. The van der Waals surface area contributed by atoms with E-state index in [0.29, 0.717) is 0 Å². The molecular formula is C12H15N3S. The van der Waals surface area contributed by atoms with Crippen LogP contribution < -0.4 is 5.32 Å². The molecule has 3 nitrogen and oxygen atoms in total. The predicted molar refractivity (Wildman–Crippen MR) is 66.3 cm³/mol. The molecular weight excluding hydrogens is 218 g/mol. The molecule has 0 aliphatic rings. The third-order valence-corrected chi connectivity index (χ3v) is 3.21. The molecule has 2 heterocycles. The lowest BCUT2D eigenvalue weighted by Crippen LogP contribution is -2.19. The molecule has 0 unspecified atom stereocenters. The maximum Gasteiger partial charge on any atom is 0.0897 e. The van der Waals surface area contributed by atoms with E-state index in [1.807, 2.05) is 31.3 Å². The van der Waals surface area contributed by atoms with Crippen molar-refractivity contribution in [3.63, 3.8) is 0 Å². The van der Waals surface area contributed by atoms with Gasteiger partial charge in [-0.05, 0) is 26.0 Å². The van der Waals surface area contributed by atoms with Crippen molar-refractivity contribution in [3.05, 3.63) is 46.2 Å². The molecule has 0 saturated carbocycles. The number of pyridine rings is 1. The molecule has 0 aromatic carbocycles. The van der Waals surface area contributed by atoms with E-state index in [4.69, 9.17) is 0 Å². The van der Waals surface area contributed by atoms with Crippen LogP contribution >= 0.6 is 11.3 Å². The van der Waals surface area contributed by atoms with E-state index in [9.17, 15) is 0 Å². The fraction of sp³-hybridized carbons (Fsp3) is 0.333. The SMILES string of the molecule is Cc1nc(CN[C@H](C)c2ccccn2)cs1. The fourth-order valence-corrected chi connectivity index (χ4v) is 2.10. The maximum atomic E-state index is 4.41. The highest BCUT2D eigenvalue weighted by atomic mass is 32.1. The molecule has 84 valence electrons. The first-order valence-electron chi connectivity index (χ1n) is 5.31. The van der Waals surface area contributed by atoms with Crippen LogP contribution in [-0.2, 0) is 6.54 Å². The minimum absolute atomic E-state index is 0.253. The third-order valence-electron chi connectivity index (χ3n) is 2.39. The molecule has 0 saturated heterocycles. The quantitative estimate of drug-likeness (QED) is 0.882. The number of hydrogen-bond acceptors (Lipinski definition) is 4. The zero-order valence-corrected chi connectivity index (χ0v) is 10.3. The van der Waals surface area contributed by atoms with Crippen LogP contribution in [0.25, 0.3) is 0 Å². The average Bonchev–Trinajstić information content (AvgIpc) is 2.73. The molecule has 2 rings (SSSR count). The highest BCUT2D eigenvalue weighted by molar-refractivity contribution is 7.09. The summed E-state index contributed by atoms with van der Waals surface area (Å²) < 4.78 is 0. The van der Waals surface area contributed by atoms with Gasteiger partial charge in [-0.1, -0.05) is 6.07 Å². The number of nitrogens with zero attached hydrogens (tertiary/aromatic N) is 2. The molecule has 0 spiro atoms. The van der Waals surface area contributed by atoms with Crippen molar-refractivity contribution < 1.29 is 0 Å². The Morgan fingerprint density at radius 3 is 2.94 bits per heavy atom. The van der Waals surface area contributed by atoms with E-state index < -0.39 is 0 Å². The van der Waals surface area contributed by atoms with Gasteiger partial charge in [-0.2, -0.15) is 0 Å².